The lowest BCUT2D eigenvalue weighted by Gasteiger charge is -2.26. The summed E-state index contributed by atoms with van der Waals surface area (Å²) in [5.74, 6) is 0.140. The van der Waals surface area contributed by atoms with Gasteiger partial charge in [0.2, 0.25) is 11.9 Å². The molecular formula is C25H31N7O2. The molecule has 1 fully saturated rings. The Morgan fingerprint density at radius 2 is 2.09 bits per heavy atom. The van der Waals surface area contributed by atoms with Crippen molar-refractivity contribution in [3.05, 3.63) is 60.2 Å². The van der Waals surface area contributed by atoms with E-state index >= 15 is 0 Å². The maximum absolute atomic E-state index is 12.9. The average Bonchev–Trinajstić information content (AvgIpc) is 3.01. The Morgan fingerprint density at radius 3 is 2.85 bits per heavy atom. The summed E-state index contributed by atoms with van der Waals surface area (Å²) in [7, 11) is 3.95. The predicted molar refractivity (Wildman–Crippen MR) is 132 cm³/mol. The van der Waals surface area contributed by atoms with Gasteiger partial charge in [0.15, 0.2) is 0 Å². The van der Waals surface area contributed by atoms with Gasteiger partial charge in [0.05, 0.1) is 17.1 Å². The van der Waals surface area contributed by atoms with Gasteiger partial charge in [-0.25, -0.2) is 15.0 Å². The first kappa shape index (κ1) is 23.6. The molecule has 2 amide bonds. The number of aryl methyl sites for hydroxylation is 1. The molecule has 4 rings (SSSR count). The van der Waals surface area contributed by atoms with Gasteiger partial charge in [-0.1, -0.05) is 18.2 Å². The lowest BCUT2D eigenvalue weighted by molar-refractivity contribution is -0.126. The minimum absolute atomic E-state index is 0.0134. The summed E-state index contributed by atoms with van der Waals surface area (Å²) in [5.41, 5.74) is 3.13. The van der Waals surface area contributed by atoms with Crippen molar-refractivity contribution in [3.63, 3.8) is 0 Å². The van der Waals surface area contributed by atoms with Gasteiger partial charge >= 0.3 is 0 Å². The third kappa shape index (κ3) is 5.31. The van der Waals surface area contributed by atoms with Crippen LogP contribution in [-0.2, 0) is 4.79 Å². The highest BCUT2D eigenvalue weighted by atomic mass is 16.2. The molecule has 0 radical (unpaired) electrons. The number of fused-ring (bicyclic) bond motifs is 1. The molecule has 0 bridgehead atoms. The molecule has 1 atom stereocenters. The second-order valence-corrected chi connectivity index (χ2v) is 8.90. The number of hydrogen-bond acceptors (Lipinski definition) is 6. The van der Waals surface area contributed by atoms with Gasteiger partial charge in [0.1, 0.15) is 12.0 Å². The highest BCUT2D eigenvalue weighted by molar-refractivity contribution is 6.02. The summed E-state index contributed by atoms with van der Waals surface area (Å²) in [5, 5.41) is 2.95. The van der Waals surface area contributed by atoms with Crippen molar-refractivity contribution in [2.75, 3.05) is 39.0 Å². The topological polar surface area (TPSA) is 96.3 Å². The number of likely N-dealkylation sites (tertiary alicyclic amines) is 1. The van der Waals surface area contributed by atoms with Gasteiger partial charge in [-0.2, -0.15) is 0 Å². The highest BCUT2D eigenvalue weighted by Crippen LogP contribution is 2.32. The lowest BCUT2D eigenvalue weighted by atomic mass is 10.1. The summed E-state index contributed by atoms with van der Waals surface area (Å²) < 4.78 is 2.10. The zero-order chi connectivity index (χ0) is 24.1. The summed E-state index contributed by atoms with van der Waals surface area (Å²) in [4.78, 5) is 42.4. The van der Waals surface area contributed by atoms with Gasteiger partial charge in [-0.15, -0.1) is 0 Å². The van der Waals surface area contributed by atoms with E-state index in [1.165, 1.54) is 12.5 Å². The van der Waals surface area contributed by atoms with E-state index in [2.05, 4.69) is 19.9 Å². The van der Waals surface area contributed by atoms with Crippen LogP contribution >= 0.6 is 0 Å². The Labute approximate surface area is 199 Å². The SMILES string of the molecule is Cc1cccc2nc(NC(=O)c3ccncn3)n(C3CCCCN(C(=O)/C=C/CN(C)C)C3)c12. The van der Waals surface area contributed by atoms with Crippen LogP contribution < -0.4 is 5.32 Å². The number of anilines is 1. The molecule has 9 nitrogen and oxygen atoms in total. The van der Waals surface area contributed by atoms with Crippen molar-refractivity contribution in [1.29, 1.82) is 0 Å². The Balaban J connectivity index is 1.67. The van der Waals surface area contributed by atoms with E-state index in [-0.39, 0.29) is 23.6 Å². The van der Waals surface area contributed by atoms with Crippen molar-refractivity contribution >= 4 is 28.8 Å². The first-order chi connectivity index (χ1) is 16.4. The van der Waals surface area contributed by atoms with Crippen LogP contribution in [-0.4, -0.2) is 74.9 Å². The number of carbonyl (C=O) groups excluding carboxylic acids is 2. The zero-order valence-corrected chi connectivity index (χ0v) is 19.9. The summed E-state index contributed by atoms with van der Waals surface area (Å²) in [6, 6.07) is 7.51. The van der Waals surface area contributed by atoms with Crippen LogP contribution in [0.1, 0.15) is 41.4 Å². The number of amides is 2. The number of para-hydroxylation sites is 1. The molecule has 1 aromatic carbocycles. The number of aromatic nitrogens is 4. The fraction of sp³-hybridized carbons (Fsp3) is 0.400. The molecular weight excluding hydrogens is 430 g/mol. The lowest BCUT2D eigenvalue weighted by Crippen LogP contribution is -2.35. The Hall–Kier alpha value is -3.59. The monoisotopic (exact) mass is 461 g/mol. The van der Waals surface area contributed by atoms with E-state index in [0.717, 1.165) is 42.4 Å². The molecule has 178 valence electrons. The first-order valence-electron chi connectivity index (χ1n) is 11.6. The van der Waals surface area contributed by atoms with E-state index in [1.807, 2.05) is 55.1 Å². The maximum atomic E-state index is 12.9. The first-order valence-corrected chi connectivity index (χ1v) is 11.6. The van der Waals surface area contributed by atoms with E-state index in [9.17, 15) is 9.59 Å². The predicted octanol–water partition coefficient (Wildman–Crippen LogP) is 3.06. The van der Waals surface area contributed by atoms with Crippen molar-refractivity contribution in [2.45, 2.75) is 32.2 Å². The molecule has 0 spiro atoms. The standard InChI is InChI=1S/C25H31N7O2/c1-18-8-6-10-20-23(18)32(25(28-20)29-24(34)21-12-13-26-17-27-21)19-9-4-5-15-31(16-19)22(33)11-7-14-30(2)3/h6-8,10-13,17,19H,4-5,9,14-16H2,1-3H3,(H,28,29,34)/b11-7+. The van der Waals surface area contributed by atoms with Gasteiger partial charge in [-0.3, -0.25) is 14.9 Å². The second kappa shape index (κ2) is 10.6. The van der Waals surface area contributed by atoms with Crippen molar-refractivity contribution in [3.8, 4) is 0 Å². The van der Waals surface area contributed by atoms with Gasteiger partial charge < -0.3 is 14.4 Å². The van der Waals surface area contributed by atoms with Crippen molar-refractivity contribution in [2.24, 2.45) is 0 Å². The van der Waals surface area contributed by atoms with E-state index in [4.69, 9.17) is 4.98 Å². The van der Waals surface area contributed by atoms with Crippen molar-refractivity contribution < 1.29 is 9.59 Å². The molecule has 1 N–H and O–H groups in total. The fourth-order valence-electron chi connectivity index (χ4n) is 4.36. The van der Waals surface area contributed by atoms with E-state index in [0.29, 0.717) is 19.0 Å². The smallest absolute Gasteiger partial charge is 0.276 e. The second-order valence-electron chi connectivity index (χ2n) is 8.90. The zero-order valence-electron chi connectivity index (χ0n) is 19.9. The van der Waals surface area contributed by atoms with Crippen LogP contribution in [0, 0.1) is 6.92 Å². The number of benzene rings is 1. The number of likely N-dealkylation sites (N-methyl/N-ethyl adjacent to an activating group) is 1. The fourth-order valence-corrected chi connectivity index (χ4v) is 4.36. The third-order valence-electron chi connectivity index (χ3n) is 6.01. The molecule has 2 aromatic heterocycles. The van der Waals surface area contributed by atoms with Gasteiger partial charge in [0.25, 0.3) is 5.91 Å². The summed E-state index contributed by atoms with van der Waals surface area (Å²) >= 11 is 0. The van der Waals surface area contributed by atoms with Crippen LogP contribution in [0.2, 0.25) is 0 Å². The van der Waals surface area contributed by atoms with Crippen LogP contribution in [0.15, 0.2) is 48.9 Å². The molecule has 0 aliphatic carbocycles. The molecule has 34 heavy (non-hydrogen) atoms. The maximum Gasteiger partial charge on any atom is 0.276 e. The summed E-state index contributed by atoms with van der Waals surface area (Å²) in [6.45, 7) is 4.03. The Kier molecular flexibility index (Phi) is 7.32. The molecule has 0 saturated carbocycles. The number of rotatable bonds is 6. The number of nitrogens with zero attached hydrogens (tertiary/aromatic N) is 6. The van der Waals surface area contributed by atoms with E-state index < -0.39 is 0 Å². The van der Waals surface area contributed by atoms with Gasteiger partial charge in [-0.05, 0) is 58.0 Å². The molecule has 3 heterocycles. The van der Waals surface area contributed by atoms with E-state index in [1.54, 1.807) is 12.1 Å². The molecule has 1 saturated heterocycles. The average molecular weight is 462 g/mol. The van der Waals surface area contributed by atoms with Gasteiger partial charge in [0, 0.05) is 31.9 Å². The number of hydrogen-bond donors (Lipinski definition) is 1. The molecule has 1 aliphatic rings. The minimum Gasteiger partial charge on any atom is -0.337 e. The normalized spacial score (nSPS) is 16.8. The molecule has 3 aromatic rings. The molecule has 9 heteroatoms. The number of nitrogens with one attached hydrogen (secondary N) is 1. The Bertz CT molecular complexity index is 1190. The van der Waals surface area contributed by atoms with Crippen LogP contribution in [0.4, 0.5) is 5.95 Å². The van der Waals surface area contributed by atoms with Crippen LogP contribution in [0.5, 0.6) is 0 Å². The Morgan fingerprint density at radius 1 is 1.24 bits per heavy atom. The third-order valence-corrected chi connectivity index (χ3v) is 6.01. The summed E-state index contributed by atoms with van der Waals surface area (Å²) in [6.07, 6.45) is 9.26. The van der Waals surface area contributed by atoms with Crippen LogP contribution in [0.25, 0.3) is 11.0 Å². The largest absolute Gasteiger partial charge is 0.337 e. The van der Waals surface area contributed by atoms with Crippen LogP contribution in [0.3, 0.4) is 0 Å². The quantitative estimate of drug-likeness (QED) is 0.567. The number of carbonyl (C=O) groups is 2. The van der Waals surface area contributed by atoms with Crippen molar-refractivity contribution in [1.82, 2.24) is 29.3 Å². The molecule has 1 aliphatic heterocycles. The minimum atomic E-state index is -0.343. The number of imidazole rings is 1. The molecule has 1 unspecified atom stereocenters. The highest BCUT2D eigenvalue weighted by Gasteiger charge is 2.27.